The molecule has 0 unspecified atom stereocenters. The van der Waals surface area contributed by atoms with Crippen molar-refractivity contribution in [1.29, 1.82) is 0 Å². The Kier molecular flexibility index (Phi) is 5.86. The van der Waals surface area contributed by atoms with Crippen LogP contribution >= 0.6 is 0 Å². The maximum atomic E-state index is 12.3. The third kappa shape index (κ3) is 7.71. The number of amides is 1. The topological polar surface area (TPSA) is 56.8 Å². The van der Waals surface area contributed by atoms with E-state index >= 15 is 0 Å². The Morgan fingerprint density at radius 2 is 1.20 bits per heavy atom. The molecular weight excluding hydrogens is 381 g/mol. The Morgan fingerprint density at radius 3 is 1.52 bits per heavy atom. The molecule has 0 aromatic heterocycles. The van der Waals surface area contributed by atoms with E-state index in [1.807, 2.05) is 5.32 Å². The van der Waals surface area contributed by atoms with Gasteiger partial charge in [-0.05, 0) is 17.7 Å². The number of benzene rings is 1. The maximum absolute atomic E-state index is 12.3. The van der Waals surface area contributed by atoms with Crippen LogP contribution in [0, 0.1) is 0 Å². The largest absolute Gasteiger partial charge is 0.573 e. The Bertz CT molecular complexity index is 572. The molecule has 1 amide bonds. The van der Waals surface area contributed by atoms with Crippen LogP contribution in [0.25, 0.3) is 0 Å². The molecule has 0 aliphatic carbocycles. The number of hydrogen-bond donors (Lipinski definition) is 1. The second kappa shape index (κ2) is 7.14. The molecule has 0 heterocycles. The summed E-state index contributed by atoms with van der Waals surface area (Å²) in [5, 5.41) is 1.90. The molecule has 5 nitrogen and oxygen atoms in total. The van der Waals surface area contributed by atoms with Crippen LogP contribution in [0.4, 0.5) is 39.5 Å². The Labute approximate surface area is 132 Å². The molecule has 0 atom stereocenters. The standard InChI is InChI=1S/C11H6F9NO4/c12-9(13,14)23-6-1-5(3-21-4-22)2-7(24-10(15,16)17)8(6)25-11(18,19)20/h1-2,4H,3H2,(H,21,22). The SMILES string of the molecule is O=CNCc1cc(OC(F)(F)F)c(OC(F)(F)F)c(OC(F)(F)F)c1. The van der Waals surface area contributed by atoms with Crippen LogP contribution < -0.4 is 19.5 Å². The van der Waals surface area contributed by atoms with Gasteiger partial charge in [-0.25, -0.2) is 0 Å². The first-order valence-corrected chi connectivity index (χ1v) is 5.81. The first-order valence-electron chi connectivity index (χ1n) is 5.81. The summed E-state index contributed by atoms with van der Waals surface area (Å²) in [4.78, 5) is 10.2. The molecule has 0 spiro atoms. The van der Waals surface area contributed by atoms with Crippen LogP contribution in [0.15, 0.2) is 12.1 Å². The highest BCUT2D eigenvalue weighted by Gasteiger charge is 2.41. The van der Waals surface area contributed by atoms with E-state index < -0.39 is 48.4 Å². The summed E-state index contributed by atoms with van der Waals surface area (Å²) in [5.74, 6) is -5.47. The van der Waals surface area contributed by atoms with Gasteiger partial charge in [-0.2, -0.15) is 0 Å². The zero-order valence-electron chi connectivity index (χ0n) is 11.5. The smallest absolute Gasteiger partial charge is 0.402 e. The van der Waals surface area contributed by atoms with Gasteiger partial charge >= 0.3 is 19.1 Å². The minimum Gasteiger partial charge on any atom is -0.402 e. The Hall–Kier alpha value is -2.54. The number of halogens is 9. The van der Waals surface area contributed by atoms with Gasteiger partial charge in [0.2, 0.25) is 12.2 Å². The van der Waals surface area contributed by atoms with Crippen molar-refractivity contribution >= 4 is 6.41 Å². The molecule has 142 valence electrons. The van der Waals surface area contributed by atoms with Gasteiger partial charge in [0, 0.05) is 6.54 Å². The quantitative estimate of drug-likeness (QED) is 0.599. The third-order valence-electron chi connectivity index (χ3n) is 2.14. The fraction of sp³-hybridized carbons (Fsp3) is 0.364. The van der Waals surface area contributed by atoms with Gasteiger partial charge in [0.15, 0.2) is 11.5 Å². The minimum atomic E-state index is -5.64. The number of ether oxygens (including phenoxy) is 3. The van der Waals surface area contributed by atoms with E-state index in [0.29, 0.717) is 12.1 Å². The van der Waals surface area contributed by atoms with E-state index in [9.17, 15) is 44.3 Å². The highest BCUT2D eigenvalue weighted by atomic mass is 19.4. The van der Waals surface area contributed by atoms with Gasteiger partial charge in [-0.1, -0.05) is 0 Å². The molecule has 0 fully saturated rings. The molecule has 1 N–H and O–H groups in total. The highest BCUT2D eigenvalue weighted by Crippen LogP contribution is 2.45. The average molecular weight is 387 g/mol. The fourth-order valence-corrected chi connectivity index (χ4v) is 1.51. The van der Waals surface area contributed by atoms with Gasteiger partial charge in [0.1, 0.15) is 0 Å². The summed E-state index contributed by atoms with van der Waals surface area (Å²) in [5.41, 5.74) is -0.486. The highest BCUT2D eigenvalue weighted by molar-refractivity contribution is 5.55. The average Bonchev–Trinajstić information content (AvgIpc) is 2.35. The molecule has 0 saturated carbocycles. The lowest BCUT2D eigenvalue weighted by atomic mass is 10.2. The van der Waals surface area contributed by atoms with Crippen molar-refractivity contribution in [2.75, 3.05) is 0 Å². The van der Waals surface area contributed by atoms with Gasteiger partial charge < -0.3 is 19.5 Å². The summed E-state index contributed by atoms with van der Waals surface area (Å²) < 4.78 is 121. The molecule has 0 bridgehead atoms. The Morgan fingerprint density at radius 1 is 0.800 bits per heavy atom. The number of nitrogens with one attached hydrogen (secondary N) is 1. The van der Waals surface area contributed by atoms with Crippen LogP contribution in [0.3, 0.4) is 0 Å². The summed E-state index contributed by atoms with van der Waals surface area (Å²) >= 11 is 0. The zero-order valence-corrected chi connectivity index (χ0v) is 11.5. The van der Waals surface area contributed by atoms with E-state index in [1.54, 1.807) is 0 Å². The van der Waals surface area contributed by atoms with E-state index in [0.717, 1.165) is 0 Å². The number of carbonyl (C=O) groups is 1. The van der Waals surface area contributed by atoms with Crippen LogP contribution in [0.2, 0.25) is 0 Å². The number of hydrogen-bond acceptors (Lipinski definition) is 4. The second-order valence-electron chi connectivity index (χ2n) is 4.06. The summed E-state index contributed by atoms with van der Waals surface area (Å²) in [7, 11) is 0. The van der Waals surface area contributed by atoms with Crippen LogP contribution in [0.1, 0.15) is 5.56 Å². The minimum absolute atomic E-state index is 0.0503. The van der Waals surface area contributed by atoms with Gasteiger partial charge in [0.25, 0.3) is 0 Å². The van der Waals surface area contributed by atoms with E-state index in [2.05, 4.69) is 14.2 Å². The summed E-state index contributed by atoms with van der Waals surface area (Å²) in [6.45, 7) is -0.627. The molecular formula is C11H6F9NO4. The molecule has 0 aliphatic rings. The lowest BCUT2D eigenvalue weighted by Crippen LogP contribution is -2.24. The molecule has 1 rings (SSSR count). The lowest BCUT2D eigenvalue weighted by Gasteiger charge is -2.20. The molecule has 1 aromatic rings. The monoisotopic (exact) mass is 387 g/mol. The third-order valence-corrected chi connectivity index (χ3v) is 2.14. The van der Waals surface area contributed by atoms with Gasteiger partial charge in [0.05, 0.1) is 0 Å². The van der Waals surface area contributed by atoms with Gasteiger partial charge in [-0.3, -0.25) is 4.79 Å². The molecule has 14 heteroatoms. The summed E-state index contributed by atoms with van der Waals surface area (Å²) in [6.07, 6.45) is -16.7. The second-order valence-corrected chi connectivity index (χ2v) is 4.06. The number of alkyl halides is 9. The van der Waals surface area contributed by atoms with Crippen molar-refractivity contribution in [3.05, 3.63) is 17.7 Å². The summed E-state index contributed by atoms with van der Waals surface area (Å²) in [6, 6.07) is 0.600. The molecule has 1 aromatic carbocycles. The normalized spacial score (nSPS) is 12.5. The Balaban J connectivity index is 3.49. The van der Waals surface area contributed by atoms with Crippen molar-refractivity contribution in [1.82, 2.24) is 5.32 Å². The predicted octanol–water partition coefficient (Wildman–Crippen LogP) is 3.63. The first-order chi connectivity index (χ1) is 11.2. The van der Waals surface area contributed by atoms with Gasteiger partial charge in [-0.15, -0.1) is 39.5 Å². The molecule has 0 radical (unpaired) electrons. The van der Waals surface area contributed by atoms with Crippen LogP contribution in [-0.4, -0.2) is 25.5 Å². The number of rotatable bonds is 6. The predicted molar refractivity (Wildman–Crippen MR) is 59.4 cm³/mol. The van der Waals surface area contributed by atoms with Crippen molar-refractivity contribution < 1.29 is 58.5 Å². The maximum Gasteiger partial charge on any atom is 0.573 e. The van der Waals surface area contributed by atoms with E-state index in [4.69, 9.17) is 0 Å². The number of carbonyl (C=O) groups excluding carboxylic acids is 1. The van der Waals surface area contributed by atoms with E-state index in [1.165, 1.54) is 0 Å². The van der Waals surface area contributed by atoms with Crippen molar-refractivity contribution in [2.24, 2.45) is 0 Å². The molecule has 0 aliphatic heterocycles. The van der Waals surface area contributed by atoms with Crippen molar-refractivity contribution in [3.63, 3.8) is 0 Å². The first kappa shape index (κ1) is 20.5. The van der Waals surface area contributed by atoms with Crippen molar-refractivity contribution in [2.45, 2.75) is 25.6 Å². The van der Waals surface area contributed by atoms with Crippen molar-refractivity contribution in [3.8, 4) is 17.2 Å². The van der Waals surface area contributed by atoms with Crippen LogP contribution in [0.5, 0.6) is 17.2 Å². The van der Waals surface area contributed by atoms with Crippen LogP contribution in [-0.2, 0) is 11.3 Å². The van der Waals surface area contributed by atoms with E-state index in [-0.39, 0.29) is 6.41 Å². The fourth-order valence-electron chi connectivity index (χ4n) is 1.51. The zero-order chi connectivity index (χ0) is 19.5. The molecule has 25 heavy (non-hydrogen) atoms. The lowest BCUT2D eigenvalue weighted by molar-refractivity contribution is -0.293. The molecule has 0 saturated heterocycles.